The number of para-hydroxylation sites is 1. The first-order valence-electron chi connectivity index (χ1n) is 10.5. The Bertz CT molecular complexity index is 1210. The molecule has 1 aromatic heterocycles. The van der Waals surface area contributed by atoms with Crippen LogP contribution in [0, 0.1) is 0 Å². The van der Waals surface area contributed by atoms with E-state index in [2.05, 4.69) is 15.6 Å². The molecular weight excluding hydrogens is 414 g/mol. The molecule has 1 heterocycles. The largest absolute Gasteiger partial charge is 0.489 e. The number of benzene rings is 3. The van der Waals surface area contributed by atoms with Crippen molar-refractivity contribution in [1.82, 2.24) is 10.3 Å². The number of hydrogen-bond acceptors (Lipinski definition) is 4. The molecule has 33 heavy (non-hydrogen) atoms. The second-order valence-electron chi connectivity index (χ2n) is 7.34. The first-order valence-corrected chi connectivity index (χ1v) is 10.5. The lowest BCUT2D eigenvalue weighted by Gasteiger charge is -2.12. The molecule has 0 bridgehead atoms. The molecule has 4 aromatic rings. The highest BCUT2D eigenvalue weighted by Crippen LogP contribution is 2.17. The molecule has 0 radical (unpaired) electrons. The van der Waals surface area contributed by atoms with E-state index in [9.17, 15) is 9.59 Å². The fourth-order valence-corrected chi connectivity index (χ4v) is 3.21. The predicted octanol–water partition coefficient (Wildman–Crippen LogP) is 4.84. The van der Waals surface area contributed by atoms with Gasteiger partial charge in [0.1, 0.15) is 12.4 Å². The third-order valence-corrected chi connectivity index (χ3v) is 4.96. The van der Waals surface area contributed by atoms with Crippen LogP contribution in [0.4, 0.5) is 5.69 Å². The Morgan fingerprint density at radius 3 is 2.27 bits per heavy atom. The maximum Gasteiger partial charge on any atom is 0.255 e. The van der Waals surface area contributed by atoms with Gasteiger partial charge in [0.15, 0.2) is 0 Å². The number of nitrogens with zero attached hydrogens (tertiary/aromatic N) is 1. The van der Waals surface area contributed by atoms with Gasteiger partial charge in [-0.15, -0.1) is 0 Å². The van der Waals surface area contributed by atoms with Crippen LogP contribution in [0.2, 0.25) is 0 Å². The molecule has 3 aromatic carbocycles. The zero-order chi connectivity index (χ0) is 22.9. The molecule has 0 atom stereocenters. The lowest BCUT2D eigenvalue weighted by molar-refractivity contribution is 0.0952. The van der Waals surface area contributed by atoms with Crippen LogP contribution in [-0.2, 0) is 13.2 Å². The van der Waals surface area contributed by atoms with E-state index >= 15 is 0 Å². The van der Waals surface area contributed by atoms with Gasteiger partial charge in [0, 0.05) is 30.1 Å². The Morgan fingerprint density at radius 1 is 0.758 bits per heavy atom. The zero-order valence-electron chi connectivity index (χ0n) is 17.9. The summed E-state index contributed by atoms with van der Waals surface area (Å²) in [4.78, 5) is 29.3. The number of anilines is 1. The maximum absolute atomic E-state index is 12.8. The van der Waals surface area contributed by atoms with Crippen molar-refractivity contribution in [2.45, 2.75) is 13.2 Å². The van der Waals surface area contributed by atoms with Gasteiger partial charge in [-0.1, -0.05) is 48.5 Å². The Balaban J connectivity index is 1.34. The van der Waals surface area contributed by atoms with Crippen molar-refractivity contribution in [3.05, 3.63) is 126 Å². The molecule has 0 unspecified atom stereocenters. The monoisotopic (exact) mass is 437 g/mol. The number of rotatable bonds is 8. The van der Waals surface area contributed by atoms with Gasteiger partial charge in [0.25, 0.3) is 11.8 Å². The number of ether oxygens (including phenoxy) is 1. The predicted molar refractivity (Wildman–Crippen MR) is 127 cm³/mol. The van der Waals surface area contributed by atoms with Gasteiger partial charge < -0.3 is 15.4 Å². The number of amides is 2. The summed E-state index contributed by atoms with van der Waals surface area (Å²) < 4.78 is 5.76. The van der Waals surface area contributed by atoms with E-state index in [0.717, 1.165) is 16.9 Å². The van der Waals surface area contributed by atoms with E-state index in [-0.39, 0.29) is 11.8 Å². The fourth-order valence-electron chi connectivity index (χ4n) is 3.21. The van der Waals surface area contributed by atoms with Crippen molar-refractivity contribution in [2.75, 3.05) is 5.32 Å². The smallest absolute Gasteiger partial charge is 0.255 e. The van der Waals surface area contributed by atoms with Crippen LogP contribution in [0.25, 0.3) is 0 Å². The molecule has 0 saturated carbocycles. The lowest BCUT2D eigenvalue weighted by atomic mass is 10.1. The van der Waals surface area contributed by atoms with E-state index in [4.69, 9.17) is 4.74 Å². The Labute approximate surface area is 192 Å². The normalized spacial score (nSPS) is 10.3. The second-order valence-corrected chi connectivity index (χ2v) is 7.34. The van der Waals surface area contributed by atoms with E-state index in [1.807, 2.05) is 42.5 Å². The number of carbonyl (C=O) groups excluding carboxylic acids is 2. The van der Waals surface area contributed by atoms with Crippen LogP contribution in [0.15, 0.2) is 103 Å². The number of aromatic nitrogens is 1. The highest BCUT2D eigenvalue weighted by atomic mass is 16.5. The molecule has 4 rings (SSSR count). The van der Waals surface area contributed by atoms with E-state index in [1.54, 1.807) is 60.9 Å². The van der Waals surface area contributed by atoms with Crippen molar-refractivity contribution in [2.24, 2.45) is 0 Å². The van der Waals surface area contributed by atoms with Crippen LogP contribution in [0.1, 0.15) is 31.8 Å². The SMILES string of the molecule is O=C(Nc1ccccc1C(=O)NCc1ccc(OCc2cccnc2)cc1)c1ccccc1. The van der Waals surface area contributed by atoms with Crippen molar-refractivity contribution in [1.29, 1.82) is 0 Å². The number of carbonyl (C=O) groups is 2. The molecule has 0 fully saturated rings. The van der Waals surface area contributed by atoms with Gasteiger partial charge in [-0.05, 0) is 48.0 Å². The lowest BCUT2D eigenvalue weighted by Crippen LogP contribution is -2.24. The summed E-state index contributed by atoms with van der Waals surface area (Å²) in [7, 11) is 0. The second kappa shape index (κ2) is 10.7. The summed E-state index contributed by atoms with van der Waals surface area (Å²) in [6, 6.07) is 27.2. The highest BCUT2D eigenvalue weighted by molar-refractivity contribution is 6.08. The van der Waals surface area contributed by atoms with Crippen molar-refractivity contribution in [3.8, 4) is 5.75 Å². The summed E-state index contributed by atoms with van der Waals surface area (Å²) in [5.41, 5.74) is 3.31. The van der Waals surface area contributed by atoms with Crippen LogP contribution >= 0.6 is 0 Å². The molecular formula is C27H23N3O3. The molecule has 2 N–H and O–H groups in total. The summed E-state index contributed by atoms with van der Waals surface area (Å²) in [6.07, 6.45) is 3.49. The van der Waals surface area contributed by atoms with Crippen molar-refractivity contribution >= 4 is 17.5 Å². The number of hydrogen-bond donors (Lipinski definition) is 2. The summed E-state index contributed by atoms with van der Waals surface area (Å²) in [6.45, 7) is 0.790. The standard InChI is InChI=1S/C27H23N3O3/c31-26(22-8-2-1-3-9-22)30-25-11-5-4-10-24(25)27(32)29-18-20-12-14-23(15-13-20)33-19-21-7-6-16-28-17-21/h1-17H,18-19H2,(H,29,32)(H,30,31). The summed E-state index contributed by atoms with van der Waals surface area (Å²) in [5, 5.41) is 5.73. The molecule has 0 aliphatic rings. The van der Waals surface area contributed by atoms with E-state index < -0.39 is 0 Å². The molecule has 2 amide bonds. The quantitative estimate of drug-likeness (QED) is 0.413. The maximum atomic E-state index is 12.8. The van der Waals surface area contributed by atoms with Gasteiger partial charge in [0.2, 0.25) is 0 Å². The minimum atomic E-state index is -0.268. The first kappa shape index (κ1) is 21.8. The van der Waals surface area contributed by atoms with Crippen molar-refractivity contribution < 1.29 is 14.3 Å². The first-order chi connectivity index (χ1) is 16.2. The zero-order valence-corrected chi connectivity index (χ0v) is 17.9. The van der Waals surface area contributed by atoms with Crippen molar-refractivity contribution in [3.63, 3.8) is 0 Å². The van der Waals surface area contributed by atoms with Gasteiger partial charge >= 0.3 is 0 Å². The molecule has 0 saturated heterocycles. The number of pyridine rings is 1. The number of nitrogens with one attached hydrogen (secondary N) is 2. The van der Waals surface area contributed by atoms with Crippen LogP contribution in [0.3, 0.4) is 0 Å². The van der Waals surface area contributed by atoms with Gasteiger partial charge in [-0.2, -0.15) is 0 Å². The molecule has 164 valence electrons. The summed E-state index contributed by atoms with van der Waals surface area (Å²) in [5.74, 6) is 0.205. The van der Waals surface area contributed by atoms with Gasteiger partial charge in [-0.25, -0.2) is 0 Å². The third kappa shape index (κ3) is 6.04. The van der Waals surface area contributed by atoms with Gasteiger partial charge in [0.05, 0.1) is 11.3 Å². The Kier molecular flexibility index (Phi) is 7.08. The molecule has 6 heteroatoms. The van der Waals surface area contributed by atoms with Crippen LogP contribution in [0.5, 0.6) is 5.75 Å². The third-order valence-electron chi connectivity index (χ3n) is 4.96. The average molecular weight is 437 g/mol. The molecule has 0 aliphatic heterocycles. The average Bonchev–Trinajstić information content (AvgIpc) is 2.88. The fraction of sp³-hybridized carbons (Fsp3) is 0.0741. The molecule has 0 aliphatic carbocycles. The van der Waals surface area contributed by atoms with Crippen LogP contribution in [-0.4, -0.2) is 16.8 Å². The Hall–Kier alpha value is -4.45. The van der Waals surface area contributed by atoms with E-state index in [1.165, 1.54) is 0 Å². The Morgan fingerprint density at radius 2 is 1.52 bits per heavy atom. The van der Waals surface area contributed by atoms with E-state index in [0.29, 0.717) is 30.0 Å². The minimum Gasteiger partial charge on any atom is -0.489 e. The molecule has 6 nitrogen and oxygen atoms in total. The molecule has 0 spiro atoms. The van der Waals surface area contributed by atoms with Gasteiger partial charge in [-0.3, -0.25) is 14.6 Å². The highest BCUT2D eigenvalue weighted by Gasteiger charge is 2.14. The summed E-state index contributed by atoms with van der Waals surface area (Å²) >= 11 is 0. The minimum absolute atomic E-state index is 0.266. The topological polar surface area (TPSA) is 80.3 Å². The van der Waals surface area contributed by atoms with Crippen LogP contribution < -0.4 is 15.4 Å².